The molecule has 3 aromatic carbocycles. The number of aromatic nitrogens is 2. The van der Waals surface area contributed by atoms with Crippen molar-refractivity contribution in [3.63, 3.8) is 0 Å². The lowest BCUT2D eigenvalue weighted by molar-refractivity contribution is -0.174. The fourth-order valence-corrected chi connectivity index (χ4v) is 6.18. The summed E-state index contributed by atoms with van der Waals surface area (Å²) in [6.45, 7) is 0.843. The van der Waals surface area contributed by atoms with Crippen molar-refractivity contribution >= 4 is 17.8 Å². The highest BCUT2D eigenvalue weighted by atomic mass is 19.1. The number of carboxylic acid groups (broad SMARTS) is 1. The van der Waals surface area contributed by atoms with E-state index >= 15 is 0 Å². The van der Waals surface area contributed by atoms with Crippen LogP contribution in [-0.2, 0) is 25.7 Å². The Bertz CT molecular complexity index is 1690. The quantitative estimate of drug-likeness (QED) is 0.173. The number of esters is 1. The monoisotopic (exact) mass is 626 g/mol. The van der Waals surface area contributed by atoms with Crippen molar-refractivity contribution in [3.05, 3.63) is 84.2 Å². The summed E-state index contributed by atoms with van der Waals surface area (Å²) < 4.78 is 25.5. The van der Waals surface area contributed by atoms with Gasteiger partial charge in [-0.15, -0.1) is 0 Å². The van der Waals surface area contributed by atoms with Gasteiger partial charge in [0.15, 0.2) is 12.0 Å². The van der Waals surface area contributed by atoms with Crippen LogP contribution >= 0.6 is 0 Å². The zero-order valence-corrected chi connectivity index (χ0v) is 25.3. The van der Waals surface area contributed by atoms with Crippen LogP contribution in [0.2, 0.25) is 0 Å². The number of likely N-dealkylation sites (tertiary alicyclic amines) is 1. The van der Waals surface area contributed by atoms with Crippen LogP contribution < -0.4 is 5.32 Å². The molecule has 6 rings (SSSR count). The number of piperidine rings is 1. The first-order valence-electron chi connectivity index (χ1n) is 15.5. The molecule has 46 heavy (non-hydrogen) atoms. The van der Waals surface area contributed by atoms with Crippen molar-refractivity contribution in [3.8, 4) is 34.0 Å². The molecule has 0 unspecified atom stereocenters. The molecule has 1 amide bonds. The van der Waals surface area contributed by atoms with Gasteiger partial charge in [-0.2, -0.15) is 4.98 Å². The molecule has 2 aliphatic rings. The highest BCUT2D eigenvalue weighted by Gasteiger charge is 2.49. The molecule has 1 saturated carbocycles. The second-order valence-electron chi connectivity index (χ2n) is 12.0. The number of carbonyl (C=O) groups excluding carboxylic acids is 2. The lowest BCUT2D eigenvalue weighted by atomic mass is 9.78. The van der Waals surface area contributed by atoms with Gasteiger partial charge < -0.3 is 19.7 Å². The third kappa shape index (κ3) is 6.84. The molecule has 0 spiro atoms. The molecular formula is C35H35FN4O6. The van der Waals surface area contributed by atoms with Crippen LogP contribution in [0.25, 0.3) is 34.0 Å². The fourth-order valence-electron chi connectivity index (χ4n) is 6.18. The molecule has 1 saturated heterocycles. The van der Waals surface area contributed by atoms with Gasteiger partial charge in [-0.25, -0.2) is 4.39 Å². The predicted octanol–water partition coefficient (Wildman–Crippen LogP) is 5.48. The first-order chi connectivity index (χ1) is 22.3. The van der Waals surface area contributed by atoms with E-state index in [1.54, 1.807) is 12.1 Å². The van der Waals surface area contributed by atoms with Crippen LogP contribution in [0.1, 0.15) is 44.1 Å². The zero-order chi connectivity index (χ0) is 32.1. The maximum Gasteiger partial charge on any atom is 0.324 e. The number of ether oxygens (including phenoxy) is 1. The molecule has 11 heteroatoms. The van der Waals surface area contributed by atoms with E-state index < -0.39 is 29.9 Å². The van der Waals surface area contributed by atoms with E-state index in [0.29, 0.717) is 36.6 Å². The molecule has 1 aromatic heterocycles. The Hall–Kier alpha value is -4.90. The zero-order valence-electron chi connectivity index (χ0n) is 25.3. The molecule has 238 valence electrons. The summed E-state index contributed by atoms with van der Waals surface area (Å²) in [4.78, 5) is 43.8. The highest BCUT2D eigenvalue weighted by molar-refractivity contribution is 6.00. The summed E-state index contributed by atoms with van der Waals surface area (Å²) in [5.41, 5.74) is 1.78. The van der Waals surface area contributed by atoms with E-state index in [9.17, 15) is 23.9 Å². The summed E-state index contributed by atoms with van der Waals surface area (Å²) in [5.74, 6) is -2.29. The van der Waals surface area contributed by atoms with Crippen molar-refractivity contribution in [1.82, 2.24) is 20.4 Å². The van der Waals surface area contributed by atoms with Crippen LogP contribution in [0.3, 0.4) is 0 Å². The van der Waals surface area contributed by atoms with Crippen molar-refractivity contribution < 1.29 is 33.1 Å². The van der Waals surface area contributed by atoms with Crippen LogP contribution in [0.4, 0.5) is 4.39 Å². The SMILES string of the molecule is O=C(COC(=O)C1(C(=O)O)CCN(Cc2ccc(-c3noc(-c4ccc(-c5ccccc5)c(F)c4)n3)cc2)CC1)NC1CCCC1. The van der Waals surface area contributed by atoms with Gasteiger partial charge in [-0.3, -0.25) is 19.3 Å². The molecule has 0 atom stereocenters. The van der Waals surface area contributed by atoms with Gasteiger partial charge in [0.25, 0.3) is 11.8 Å². The maximum atomic E-state index is 14.9. The summed E-state index contributed by atoms with van der Waals surface area (Å²) in [5, 5.41) is 16.9. The maximum absolute atomic E-state index is 14.9. The summed E-state index contributed by atoms with van der Waals surface area (Å²) in [6.07, 6.45) is 4.10. The number of rotatable bonds is 10. The first kappa shape index (κ1) is 31.1. The number of amides is 1. The number of hydrogen-bond donors (Lipinski definition) is 2. The molecule has 2 heterocycles. The van der Waals surface area contributed by atoms with E-state index in [1.165, 1.54) is 6.07 Å². The predicted molar refractivity (Wildman–Crippen MR) is 167 cm³/mol. The Balaban J connectivity index is 1.03. The lowest BCUT2D eigenvalue weighted by Gasteiger charge is -2.37. The van der Waals surface area contributed by atoms with Crippen molar-refractivity contribution in [2.75, 3.05) is 19.7 Å². The van der Waals surface area contributed by atoms with Crippen LogP contribution in [-0.4, -0.2) is 63.7 Å². The minimum Gasteiger partial charge on any atom is -0.480 e. The number of aliphatic carboxylic acids is 1. The van der Waals surface area contributed by atoms with Crippen LogP contribution in [0.5, 0.6) is 0 Å². The number of hydrogen-bond acceptors (Lipinski definition) is 8. The smallest absolute Gasteiger partial charge is 0.324 e. The normalized spacial score (nSPS) is 16.6. The first-order valence-corrected chi connectivity index (χ1v) is 15.5. The van der Waals surface area contributed by atoms with Gasteiger partial charge in [0.1, 0.15) is 5.82 Å². The molecule has 10 nitrogen and oxygen atoms in total. The van der Waals surface area contributed by atoms with Gasteiger partial charge in [0.2, 0.25) is 5.82 Å². The molecule has 0 bridgehead atoms. The minimum absolute atomic E-state index is 0.0854. The average Bonchev–Trinajstić information content (AvgIpc) is 3.78. The molecule has 0 radical (unpaired) electrons. The Labute approximate surface area is 265 Å². The molecule has 2 N–H and O–H groups in total. The second-order valence-corrected chi connectivity index (χ2v) is 12.0. The average molecular weight is 627 g/mol. The number of nitrogens with one attached hydrogen (secondary N) is 1. The topological polar surface area (TPSA) is 135 Å². The Kier molecular flexibility index (Phi) is 9.20. The number of nitrogens with zero attached hydrogens (tertiary/aromatic N) is 3. The van der Waals surface area contributed by atoms with Crippen LogP contribution in [0.15, 0.2) is 77.3 Å². The Morgan fingerprint density at radius 1 is 0.957 bits per heavy atom. The number of halogens is 1. The largest absolute Gasteiger partial charge is 0.480 e. The van der Waals surface area contributed by atoms with Gasteiger partial charge in [-0.1, -0.05) is 78.7 Å². The standard InChI is InChI=1S/C35H35FN4O6/c36-29-20-26(14-15-28(29)24-6-2-1-3-7-24)32-38-31(39-46-32)25-12-10-23(11-13-25)21-40-18-16-35(17-19-40,33(42)43)34(44)45-22-30(41)37-27-8-4-5-9-27/h1-3,6-7,10-15,20,27H,4-5,8-9,16-19,21-22H2,(H,37,41)(H,42,43). The minimum atomic E-state index is -1.67. The highest BCUT2D eigenvalue weighted by Crippen LogP contribution is 2.34. The second kappa shape index (κ2) is 13.6. The van der Waals surface area contributed by atoms with Gasteiger partial charge in [0, 0.05) is 42.4 Å². The molecular weight excluding hydrogens is 591 g/mol. The van der Waals surface area contributed by atoms with Crippen molar-refractivity contribution in [1.29, 1.82) is 0 Å². The van der Waals surface area contributed by atoms with Gasteiger partial charge in [-0.05, 0) is 48.9 Å². The summed E-state index contributed by atoms with van der Waals surface area (Å²) >= 11 is 0. The van der Waals surface area contributed by atoms with E-state index in [-0.39, 0.29) is 30.6 Å². The molecule has 2 fully saturated rings. The number of carbonyl (C=O) groups is 3. The molecule has 4 aromatic rings. The Morgan fingerprint density at radius 2 is 1.65 bits per heavy atom. The third-order valence-electron chi connectivity index (χ3n) is 8.91. The number of benzene rings is 3. The van der Waals surface area contributed by atoms with E-state index in [2.05, 4.69) is 20.4 Å². The van der Waals surface area contributed by atoms with Gasteiger partial charge in [0.05, 0.1) is 0 Å². The van der Waals surface area contributed by atoms with E-state index in [4.69, 9.17) is 9.26 Å². The van der Waals surface area contributed by atoms with Crippen molar-refractivity contribution in [2.24, 2.45) is 5.41 Å². The summed E-state index contributed by atoms with van der Waals surface area (Å²) in [6, 6.07) is 21.8. The van der Waals surface area contributed by atoms with Gasteiger partial charge >= 0.3 is 11.9 Å². The summed E-state index contributed by atoms with van der Waals surface area (Å²) in [7, 11) is 0. The van der Waals surface area contributed by atoms with E-state index in [1.807, 2.05) is 54.6 Å². The Morgan fingerprint density at radius 3 is 2.33 bits per heavy atom. The van der Waals surface area contributed by atoms with Crippen molar-refractivity contribution in [2.45, 2.75) is 51.1 Å². The number of carboxylic acids is 1. The fraction of sp³-hybridized carbons (Fsp3) is 0.343. The third-order valence-corrected chi connectivity index (χ3v) is 8.91. The van der Waals surface area contributed by atoms with Crippen LogP contribution in [0, 0.1) is 11.2 Å². The lowest BCUT2D eigenvalue weighted by Crippen LogP contribution is -2.50. The van der Waals surface area contributed by atoms with E-state index in [0.717, 1.165) is 42.4 Å². The molecule has 1 aliphatic heterocycles. The molecule has 1 aliphatic carbocycles.